The number of hydrogen-bond donors (Lipinski definition) is 1. The first-order valence-corrected chi connectivity index (χ1v) is 7.91. The Bertz CT molecular complexity index is 366. The van der Waals surface area contributed by atoms with Gasteiger partial charge in [-0.3, -0.25) is 9.69 Å². The Kier molecular flexibility index (Phi) is 4.02. The highest BCUT2D eigenvalue weighted by molar-refractivity contribution is 5.82. The van der Waals surface area contributed by atoms with Crippen molar-refractivity contribution in [3.8, 4) is 0 Å². The molecule has 2 aliphatic heterocycles. The Hall–Kier alpha value is -0.650. The lowest BCUT2D eigenvalue weighted by Gasteiger charge is -2.40. The molecule has 1 amide bonds. The summed E-state index contributed by atoms with van der Waals surface area (Å²) >= 11 is 0. The standard InChI is InChI=1S/C15H26N2O3/c1-15(19)6-7-16(11-15)14(18)13-10-20-9-8-17(13)12-4-2-3-5-12/h12-13,19H,2-11H2,1H3/t13-,15-/m1/s1. The normalized spacial score (nSPS) is 36.7. The summed E-state index contributed by atoms with van der Waals surface area (Å²) in [5, 5.41) is 10.1. The molecule has 2 atom stereocenters. The predicted molar refractivity (Wildman–Crippen MR) is 75.4 cm³/mol. The highest BCUT2D eigenvalue weighted by Crippen LogP contribution is 2.28. The summed E-state index contributed by atoms with van der Waals surface area (Å²) in [6.45, 7) is 5.05. The van der Waals surface area contributed by atoms with Crippen LogP contribution in [0.15, 0.2) is 0 Å². The van der Waals surface area contributed by atoms with Crippen LogP contribution in [0.2, 0.25) is 0 Å². The van der Waals surface area contributed by atoms with E-state index in [4.69, 9.17) is 4.74 Å². The third-order valence-electron chi connectivity index (χ3n) is 5.01. The average molecular weight is 282 g/mol. The number of carbonyl (C=O) groups excluding carboxylic acids is 1. The van der Waals surface area contributed by atoms with Gasteiger partial charge >= 0.3 is 0 Å². The monoisotopic (exact) mass is 282 g/mol. The van der Waals surface area contributed by atoms with Crippen molar-refractivity contribution in [2.24, 2.45) is 0 Å². The number of carbonyl (C=O) groups is 1. The van der Waals surface area contributed by atoms with E-state index in [2.05, 4.69) is 4.90 Å². The number of ether oxygens (including phenoxy) is 1. The summed E-state index contributed by atoms with van der Waals surface area (Å²) in [6.07, 6.45) is 5.65. The summed E-state index contributed by atoms with van der Waals surface area (Å²) in [6, 6.07) is 0.414. The molecular formula is C15H26N2O3. The molecule has 3 aliphatic rings. The Morgan fingerprint density at radius 3 is 2.70 bits per heavy atom. The van der Waals surface area contributed by atoms with Crippen LogP contribution in [0.5, 0.6) is 0 Å². The van der Waals surface area contributed by atoms with Crippen molar-refractivity contribution >= 4 is 5.91 Å². The van der Waals surface area contributed by atoms with Crippen molar-refractivity contribution in [3.63, 3.8) is 0 Å². The lowest BCUT2D eigenvalue weighted by molar-refractivity contribution is -0.145. The second-order valence-electron chi connectivity index (χ2n) is 6.77. The van der Waals surface area contributed by atoms with Crippen molar-refractivity contribution in [2.75, 3.05) is 32.8 Å². The van der Waals surface area contributed by atoms with Crippen LogP contribution in [0.1, 0.15) is 39.0 Å². The predicted octanol–water partition coefficient (Wildman–Crippen LogP) is 0.613. The van der Waals surface area contributed by atoms with E-state index in [9.17, 15) is 9.90 Å². The highest BCUT2D eigenvalue weighted by Gasteiger charge is 2.41. The van der Waals surface area contributed by atoms with Gasteiger partial charge in [-0.1, -0.05) is 12.8 Å². The number of hydrogen-bond acceptors (Lipinski definition) is 4. The number of likely N-dealkylation sites (tertiary alicyclic amines) is 1. The van der Waals surface area contributed by atoms with Gasteiger partial charge in [0.25, 0.3) is 0 Å². The van der Waals surface area contributed by atoms with Gasteiger partial charge in [0.05, 0.1) is 18.8 Å². The number of nitrogens with zero attached hydrogens (tertiary/aromatic N) is 2. The first kappa shape index (κ1) is 14.3. The van der Waals surface area contributed by atoms with Gasteiger partial charge < -0.3 is 14.7 Å². The molecule has 2 heterocycles. The quantitative estimate of drug-likeness (QED) is 0.806. The molecule has 1 N–H and O–H groups in total. The fourth-order valence-electron chi connectivity index (χ4n) is 3.85. The molecule has 5 nitrogen and oxygen atoms in total. The number of morpholine rings is 1. The number of aliphatic hydroxyl groups is 1. The molecule has 0 unspecified atom stereocenters. The van der Waals surface area contributed by atoms with Crippen molar-refractivity contribution < 1.29 is 14.6 Å². The molecular weight excluding hydrogens is 256 g/mol. The minimum Gasteiger partial charge on any atom is -0.388 e. The van der Waals surface area contributed by atoms with Gasteiger partial charge in [0.15, 0.2) is 0 Å². The fourth-order valence-corrected chi connectivity index (χ4v) is 3.85. The van der Waals surface area contributed by atoms with Crippen LogP contribution in [0.25, 0.3) is 0 Å². The summed E-state index contributed by atoms with van der Waals surface area (Å²) in [4.78, 5) is 16.9. The Morgan fingerprint density at radius 2 is 2.05 bits per heavy atom. The van der Waals surface area contributed by atoms with Crippen LogP contribution in [-0.4, -0.2) is 71.3 Å². The molecule has 0 spiro atoms. The maximum Gasteiger partial charge on any atom is 0.242 e. The summed E-state index contributed by atoms with van der Waals surface area (Å²) in [5.74, 6) is 0.148. The minimum atomic E-state index is -0.719. The Morgan fingerprint density at radius 1 is 1.30 bits per heavy atom. The average Bonchev–Trinajstić information content (AvgIpc) is 3.07. The molecule has 0 aromatic rings. The van der Waals surface area contributed by atoms with Gasteiger partial charge in [0.1, 0.15) is 6.04 Å². The van der Waals surface area contributed by atoms with E-state index in [0.717, 1.165) is 13.2 Å². The molecule has 5 heteroatoms. The van der Waals surface area contributed by atoms with Crippen LogP contribution in [0, 0.1) is 0 Å². The van der Waals surface area contributed by atoms with Gasteiger partial charge in [0.2, 0.25) is 5.91 Å². The smallest absolute Gasteiger partial charge is 0.242 e. The third-order valence-corrected chi connectivity index (χ3v) is 5.01. The summed E-state index contributed by atoms with van der Waals surface area (Å²) in [5.41, 5.74) is -0.719. The van der Waals surface area contributed by atoms with E-state index >= 15 is 0 Å². The van der Waals surface area contributed by atoms with Crippen LogP contribution >= 0.6 is 0 Å². The van der Waals surface area contributed by atoms with E-state index in [1.54, 1.807) is 0 Å². The SMILES string of the molecule is C[C@@]1(O)CCN(C(=O)[C@H]2COCCN2C2CCCC2)C1. The Labute approximate surface area is 120 Å². The zero-order valence-corrected chi connectivity index (χ0v) is 12.4. The fraction of sp³-hybridized carbons (Fsp3) is 0.933. The van der Waals surface area contributed by atoms with E-state index in [0.29, 0.717) is 32.2 Å². The summed E-state index contributed by atoms with van der Waals surface area (Å²) < 4.78 is 5.55. The molecule has 3 rings (SSSR count). The molecule has 0 aromatic heterocycles. The van der Waals surface area contributed by atoms with Crippen LogP contribution < -0.4 is 0 Å². The minimum absolute atomic E-state index is 0.138. The topological polar surface area (TPSA) is 53.0 Å². The maximum atomic E-state index is 12.7. The first-order valence-electron chi connectivity index (χ1n) is 7.91. The molecule has 1 aliphatic carbocycles. The lowest BCUT2D eigenvalue weighted by Crippen LogP contribution is -2.57. The largest absolute Gasteiger partial charge is 0.388 e. The van der Waals surface area contributed by atoms with Crippen LogP contribution in [0.3, 0.4) is 0 Å². The molecule has 114 valence electrons. The molecule has 20 heavy (non-hydrogen) atoms. The molecule has 0 bridgehead atoms. The van der Waals surface area contributed by atoms with Gasteiger partial charge in [-0.15, -0.1) is 0 Å². The Balaban J connectivity index is 1.68. The van der Waals surface area contributed by atoms with Crippen molar-refractivity contribution in [2.45, 2.75) is 56.7 Å². The zero-order valence-electron chi connectivity index (χ0n) is 12.4. The van der Waals surface area contributed by atoms with Crippen molar-refractivity contribution in [3.05, 3.63) is 0 Å². The van der Waals surface area contributed by atoms with Gasteiger partial charge in [-0.2, -0.15) is 0 Å². The van der Waals surface area contributed by atoms with Gasteiger partial charge in [-0.05, 0) is 26.2 Å². The highest BCUT2D eigenvalue weighted by atomic mass is 16.5. The summed E-state index contributed by atoms with van der Waals surface area (Å²) in [7, 11) is 0. The van der Waals surface area contributed by atoms with Gasteiger partial charge in [0, 0.05) is 25.7 Å². The molecule has 2 saturated heterocycles. The van der Waals surface area contributed by atoms with Crippen molar-refractivity contribution in [1.29, 1.82) is 0 Å². The molecule has 0 radical (unpaired) electrons. The third kappa shape index (κ3) is 2.85. The molecule has 1 saturated carbocycles. The second kappa shape index (κ2) is 5.62. The first-order chi connectivity index (χ1) is 9.57. The van der Waals surface area contributed by atoms with E-state index < -0.39 is 5.60 Å². The lowest BCUT2D eigenvalue weighted by atomic mass is 10.1. The van der Waals surface area contributed by atoms with Gasteiger partial charge in [-0.25, -0.2) is 0 Å². The molecule has 0 aromatic carbocycles. The number of β-amino-alcohol motifs (C(OH)–C–C–N with tert-alkyl or cyclic N) is 1. The van der Waals surface area contributed by atoms with Crippen LogP contribution in [0.4, 0.5) is 0 Å². The zero-order chi connectivity index (χ0) is 14.2. The number of amides is 1. The number of rotatable bonds is 2. The van der Waals surface area contributed by atoms with Crippen molar-refractivity contribution in [1.82, 2.24) is 9.80 Å². The second-order valence-corrected chi connectivity index (χ2v) is 6.77. The molecule has 3 fully saturated rings. The van der Waals surface area contributed by atoms with E-state index in [-0.39, 0.29) is 11.9 Å². The van der Waals surface area contributed by atoms with Crippen LogP contribution in [-0.2, 0) is 9.53 Å². The van der Waals surface area contributed by atoms with E-state index in [1.165, 1.54) is 25.7 Å². The van der Waals surface area contributed by atoms with E-state index in [1.807, 2.05) is 11.8 Å². The maximum absolute atomic E-state index is 12.7.